The predicted molar refractivity (Wildman–Crippen MR) is 97.7 cm³/mol. The molecular formula is C19H26N2O2S. The van der Waals surface area contributed by atoms with E-state index in [0.29, 0.717) is 18.2 Å². The summed E-state index contributed by atoms with van der Waals surface area (Å²) in [5.41, 5.74) is 1.14. The number of carbonyl (C=O) groups excluding carboxylic acids is 2. The second-order valence-corrected chi connectivity index (χ2v) is 8.99. The maximum Gasteiger partial charge on any atom is 0.246 e. The largest absolute Gasteiger partial charge is 0.342 e. The first kappa shape index (κ1) is 17.3. The van der Waals surface area contributed by atoms with Gasteiger partial charge in [-0.2, -0.15) is 0 Å². The summed E-state index contributed by atoms with van der Waals surface area (Å²) < 4.78 is -0.449. The molecule has 1 N–H and O–H groups in total. The number of nitrogens with one attached hydrogen (secondary N) is 1. The van der Waals surface area contributed by atoms with E-state index < -0.39 is 10.8 Å². The molecule has 1 aliphatic heterocycles. The van der Waals surface area contributed by atoms with Gasteiger partial charge in [0.25, 0.3) is 0 Å². The van der Waals surface area contributed by atoms with Crippen LogP contribution in [0.2, 0.25) is 0 Å². The lowest BCUT2D eigenvalue weighted by molar-refractivity contribution is -0.138. The Bertz CT molecular complexity index is 599. The van der Waals surface area contributed by atoms with Crippen LogP contribution < -0.4 is 5.32 Å². The van der Waals surface area contributed by atoms with E-state index in [9.17, 15) is 9.59 Å². The van der Waals surface area contributed by atoms with Gasteiger partial charge in [-0.15, -0.1) is 11.8 Å². The van der Waals surface area contributed by atoms with Crippen molar-refractivity contribution < 1.29 is 9.59 Å². The van der Waals surface area contributed by atoms with Gasteiger partial charge in [-0.1, -0.05) is 36.8 Å². The zero-order chi connectivity index (χ0) is 17.2. The summed E-state index contributed by atoms with van der Waals surface area (Å²) in [6, 6.07) is 9.70. The summed E-state index contributed by atoms with van der Waals surface area (Å²) in [5.74, 6) is 1.27. The molecule has 24 heavy (non-hydrogen) atoms. The van der Waals surface area contributed by atoms with E-state index in [1.165, 1.54) is 19.3 Å². The third-order valence-corrected chi connectivity index (χ3v) is 6.40. The predicted octanol–water partition coefficient (Wildman–Crippen LogP) is 2.83. The lowest BCUT2D eigenvalue weighted by Gasteiger charge is -2.38. The molecule has 130 valence electrons. The summed E-state index contributed by atoms with van der Waals surface area (Å²) in [6.45, 7) is 5.23. The number of nitrogens with zero attached hydrogens (tertiary/aromatic N) is 1. The van der Waals surface area contributed by atoms with Crippen molar-refractivity contribution >= 4 is 23.6 Å². The van der Waals surface area contributed by atoms with Gasteiger partial charge < -0.3 is 10.2 Å². The number of thioether (sulfide) groups is 1. The second kappa shape index (κ2) is 7.18. The van der Waals surface area contributed by atoms with Gasteiger partial charge in [0.1, 0.15) is 6.04 Å². The van der Waals surface area contributed by atoms with E-state index >= 15 is 0 Å². The van der Waals surface area contributed by atoms with Crippen molar-refractivity contribution in [3.05, 3.63) is 35.9 Å². The summed E-state index contributed by atoms with van der Waals surface area (Å²) in [6.07, 6.45) is 3.68. The highest BCUT2D eigenvalue weighted by molar-refractivity contribution is 8.01. The van der Waals surface area contributed by atoms with E-state index in [1.807, 2.05) is 36.9 Å². The van der Waals surface area contributed by atoms with Crippen LogP contribution in [0, 0.1) is 5.92 Å². The Morgan fingerprint density at radius 1 is 1.29 bits per heavy atom. The molecule has 1 aromatic rings. The maximum atomic E-state index is 13.0. The highest BCUT2D eigenvalue weighted by atomic mass is 32.2. The highest BCUT2D eigenvalue weighted by Crippen LogP contribution is 2.31. The fraction of sp³-hybridized carbons (Fsp3) is 0.579. The van der Waals surface area contributed by atoms with Crippen molar-refractivity contribution in [2.75, 3.05) is 12.3 Å². The zero-order valence-electron chi connectivity index (χ0n) is 14.5. The van der Waals surface area contributed by atoms with Gasteiger partial charge in [0, 0.05) is 18.8 Å². The fourth-order valence-corrected chi connectivity index (χ4v) is 4.11. The van der Waals surface area contributed by atoms with E-state index in [2.05, 4.69) is 17.4 Å². The van der Waals surface area contributed by atoms with E-state index in [1.54, 1.807) is 11.8 Å². The van der Waals surface area contributed by atoms with Crippen LogP contribution in [0.5, 0.6) is 0 Å². The van der Waals surface area contributed by atoms with Gasteiger partial charge in [0.05, 0.1) is 4.75 Å². The topological polar surface area (TPSA) is 49.4 Å². The number of amides is 2. The average Bonchev–Trinajstić information content (AvgIpc) is 2.52. The molecule has 1 saturated carbocycles. The van der Waals surface area contributed by atoms with Crippen molar-refractivity contribution in [2.45, 2.75) is 50.4 Å². The van der Waals surface area contributed by atoms with Gasteiger partial charge in [0.2, 0.25) is 11.8 Å². The molecule has 0 bridgehead atoms. The molecule has 0 aromatic heterocycles. The van der Waals surface area contributed by atoms with Gasteiger partial charge in [-0.05, 0) is 38.2 Å². The molecule has 0 unspecified atom stereocenters. The van der Waals surface area contributed by atoms with Crippen LogP contribution in [0.15, 0.2) is 30.3 Å². The highest BCUT2D eigenvalue weighted by Gasteiger charge is 2.39. The van der Waals surface area contributed by atoms with E-state index in [0.717, 1.165) is 12.1 Å². The molecular weight excluding hydrogens is 320 g/mol. The smallest absolute Gasteiger partial charge is 0.246 e. The summed E-state index contributed by atoms with van der Waals surface area (Å²) in [4.78, 5) is 27.2. The minimum atomic E-state index is -0.449. The molecule has 1 heterocycles. The quantitative estimate of drug-likeness (QED) is 0.892. The first-order valence-corrected chi connectivity index (χ1v) is 9.72. The molecule has 2 amide bonds. The Morgan fingerprint density at radius 3 is 2.58 bits per heavy atom. The third-order valence-electron chi connectivity index (χ3n) is 4.99. The summed E-state index contributed by atoms with van der Waals surface area (Å²) in [7, 11) is 0. The molecule has 1 aromatic carbocycles. The van der Waals surface area contributed by atoms with Crippen LogP contribution in [0.4, 0.5) is 0 Å². The van der Waals surface area contributed by atoms with Crippen molar-refractivity contribution in [3.8, 4) is 0 Å². The van der Waals surface area contributed by atoms with Crippen LogP contribution in [0.1, 0.15) is 38.7 Å². The molecule has 2 fully saturated rings. The number of rotatable bonds is 5. The molecule has 1 saturated heterocycles. The molecule has 2 aliphatic rings. The van der Waals surface area contributed by atoms with Crippen LogP contribution in [-0.4, -0.2) is 39.8 Å². The van der Waals surface area contributed by atoms with Gasteiger partial charge in [-0.3, -0.25) is 9.59 Å². The minimum absolute atomic E-state index is 0.0413. The summed E-state index contributed by atoms with van der Waals surface area (Å²) in [5, 5.41) is 2.93. The van der Waals surface area contributed by atoms with Crippen molar-refractivity contribution in [1.29, 1.82) is 0 Å². The number of hydrogen-bond acceptors (Lipinski definition) is 3. The van der Waals surface area contributed by atoms with Crippen LogP contribution in [-0.2, 0) is 16.1 Å². The monoisotopic (exact) mass is 346 g/mol. The van der Waals surface area contributed by atoms with Crippen molar-refractivity contribution in [2.24, 2.45) is 5.92 Å². The molecule has 0 spiro atoms. The molecule has 1 aliphatic carbocycles. The normalized spacial score (nSPS) is 23.2. The molecule has 4 nitrogen and oxygen atoms in total. The van der Waals surface area contributed by atoms with Gasteiger partial charge in [0.15, 0.2) is 0 Å². The Balaban J connectivity index is 1.69. The van der Waals surface area contributed by atoms with E-state index in [4.69, 9.17) is 0 Å². The van der Waals surface area contributed by atoms with Crippen molar-refractivity contribution in [3.63, 3.8) is 0 Å². The fourth-order valence-electron chi connectivity index (χ4n) is 3.11. The maximum absolute atomic E-state index is 13.0. The van der Waals surface area contributed by atoms with Crippen LogP contribution in [0.25, 0.3) is 0 Å². The number of carbonyl (C=O) groups is 2. The molecule has 1 atom stereocenters. The lowest BCUT2D eigenvalue weighted by Crippen LogP contribution is -2.58. The van der Waals surface area contributed by atoms with Gasteiger partial charge >= 0.3 is 0 Å². The average molecular weight is 346 g/mol. The molecule has 5 heteroatoms. The Kier molecular flexibility index (Phi) is 5.18. The zero-order valence-corrected chi connectivity index (χ0v) is 15.3. The Hall–Kier alpha value is -1.49. The van der Waals surface area contributed by atoms with E-state index in [-0.39, 0.29) is 11.8 Å². The molecule has 0 radical (unpaired) electrons. The lowest BCUT2D eigenvalue weighted by atomic mass is 9.85. The first-order valence-electron chi connectivity index (χ1n) is 8.73. The summed E-state index contributed by atoms with van der Waals surface area (Å²) >= 11 is 1.57. The Morgan fingerprint density at radius 2 is 2.00 bits per heavy atom. The standard InChI is InChI=1S/C19H26N2O2S/c1-19(2)18(23)20-16(13-24-19)17(22)21(12-15-9-6-10-15)11-14-7-4-3-5-8-14/h3-5,7-8,15-16H,6,9-13H2,1-2H3,(H,20,23)/t16-/m0/s1. The van der Waals surface area contributed by atoms with Crippen LogP contribution in [0.3, 0.4) is 0 Å². The Labute approximate surface area is 148 Å². The molecule has 3 rings (SSSR count). The van der Waals surface area contributed by atoms with Crippen LogP contribution >= 0.6 is 11.8 Å². The number of hydrogen-bond donors (Lipinski definition) is 1. The SMILES string of the molecule is CC1(C)SC[C@@H](C(=O)N(Cc2ccccc2)CC2CCC2)NC1=O. The third kappa shape index (κ3) is 3.94. The van der Waals surface area contributed by atoms with Crippen molar-refractivity contribution in [1.82, 2.24) is 10.2 Å². The number of benzene rings is 1. The second-order valence-electron chi connectivity index (χ2n) is 7.35. The van der Waals surface area contributed by atoms with Gasteiger partial charge in [-0.25, -0.2) is 0 Å². The minimum Gasteiger partial charge on any atom is -0.342 e. The first-order chi connectivity index (χ1) is 11.5.